The second kappa shape index (κ2) is 6.81. The maximum atomic E-state index is 14.0. The van der Waals surface area contributed by atoms with Crippen molar-refractivity contribution in [1.82, 2.24) is 0 Å². The SMILES string of the molecule is CCCC1(c2ccccc2)CC(Nc2ccc(Cl)cc2F)C(=O)O1. The van der Waals surface area contributed by atoms with Crippen molar-refractivity contribution < 1.29 is 13.9 Å². The van der Waals surface area contributed by atoms with Crippen LogP contribution < -0.4 is 5.32 Å². The number of hydrogen-bond donors (Lipinski definition) is 1. The van der Waals surface area contributed by atoms with Crippen molar-refractivity contribution in [2.75, 3.05) is 5.32 Å². The van der Waals surface area contributed by atoms with Gasteiger partial charge in [0.05, 0.1) is 5.69 Å². The zero-order valence-electron chi connectivity index (χ0n) is 13.4. The lowest BCUT2D eigenvalue weighted by Crippen LogP contribution is -2.27. The number of carbonyl (C=O) groups excluding carboxylic acids is 1. The van der Waals surface area contributed by atoms with Gasteiger partial charge in [-0.3, -0.25) is 0 Å². The van der Waals surface area contributed by atoms with Crippen molar-refractivity contribution in [2.24, 2.45) is 0 Å². The third-order valence-corrected chi connectivity index (χ3v) is 4.56. The molecule has 0 aromatic heterocycles. The Morgan fingerprint density at radius 2 is 2.04 bits per heavy atom. The first-order valence-electron chi connectivity index (χ1n) is 8.04. The Labute approximate surface area is 145 Å². The zero-order valence-corrected chi connectivity index (χ0v) is 14.1. The highest BCUT2D eigenvalue weighted by atomic mass is 35.5. The van der Waals surface area contributed by atoms with Gasteiger partial charge >= 0.3 is 5.97 Å². The molecule has 1 N–H and O–H groups in total. The normalized spacial score (nSPS) is 23.1. The first kappa shape index (κ1) is 16.8. The van der Waals surface area contributed by atoms with Crippen LogP contribution in [0.3, 0.4) is 0 Å². The minimum Gasteiger partial charge on any atom is -0.453 e. The summed E-state index contributed by atoms with van der Waals surface area (Å²) in [6.07, 6.45) is 2.07. The number of ether oxygens (including phenoxy) is 1. The minimum atomic E-state index is -0.659. The predicted octanol–water partition coefficient (Wildman–Crippen LogP) is 4.90. The van der Waals surface area contributed by atoms with Crippen molar-refractivity contribution >= 4 is 23.3 Å². The van der Waals surface area contributed by atoms with E-state index < -0.39 is 17.5 Å². The van der Waals surface area contributed by atoms with E-state index in [-0.39, 0.29) is 11.7 Å². The van der Waals surface area contributed by atoms with Crippen LogP contribution in [0.2, 0.25) is 5.02 Å². The van der Waals surface area contributed by atoms with Crippen LogP contribution in [0, 0.1) is 5.82 Å². The van der Waals surface area contributed by atoms with Gasteiger partial charge in [0.25, 0.3) is 0 Å². The van der Waals surface area contributed by atoms with Gasteiger partial charge in [0.1, 0.15) is 17.5 Å². The Bertz CT molecular complexity index is 737. The molecule has 2 aromatic carbocycles. The average Bonchev–Trinajstić information content (AvgIpc) is 2.88. The van der Waals surface area contributed by atoms with Crippen molar-refractivity contribution in [3.63, 3.8) is 0 Å². The quantitative estimate of drug-likeness (QED) is 0.781. The summed E-state index contributed by atoms with van der Waals surface area (Å²) in [6, 6.07) is 13.5. The fourth-order valence-corrected chi connectivity index (χ4v) is 3.40. The fourth-order valence-electron chi connectivity index (χ4n) is 3.24. The molecule has 1 aliphatic rings. The monoisotopic (exact) mass is 347 g/mol. The third-order valence-electron chi connectivity index (χ3n) is 4.33. The van der Waals surface area contributed by atoms with Crippen LogP contribution in [-0.2, 0) is 15.1 Å². The molecule has 3 rings (SSSR count). The second-order valence-corrected chi connectivity index (χ2v) is 6.49. The number of anilines is 1. The summed E-state index contributed by atoms with van der Waals surface area (Å²) in [5, 5.41) is 3.28. The molecule has 5 heteroatoms. The molecule has 24 heavy (non-hydrogen) atoms. The van der Waals surface area contributed by atoms with Gasteiger partial charge in [-0.2, -0.15) is 0 Å². The second-order valence-electron chi connectivity index (χ2n) is 6.06. The lowest BCUT2D eigenvalue weighted by Gasteiger charge is -2.27. The summed E-state index contributed by atoms with van der Waals surface area (Å²) in [7, 11) is 0. The summed E-state index contributed by atoms with van der Waals surface area (Å²) >= 11 is 5.77. The first-order chi connectivity index (χ1) is 11.5. The summed E-state index contributed by atoms with van der Waals surface area (Å²) in [6.45, 7) is 2.05. The van der Waals surface area contributed by atoms with Crippen LogP contribution >= 0.6 is 11.6 Å². The molecular formula is C19H19ClFNO2. The highest BCUT2D eigenvalue weighted by molar-refractivity contribution is 6.30. The van der Waals surface area contributed by atoms with Crippen molar-refractivity contribution in [2.45, 2.75) is 37.8 Å². The lowest BCUT2D eigenvalue weighted by molar-refractivity contribution is -0.150. The van der Waals surface area contributed by atoms with Crippen LogP contribution in [0.15, 0.2) is 48.5 Å². The van der Waals surface area contributed by atoms with Gasteiger partial charge in [0.2, 0.25) is 0 Å². The molecule has 0 saturated carbocycles. The van der Waals surface area contributed by atoms with Crippen LogP contribution in [0.5, 0.6) is 0 Å². The van der Waals surface area contributed by atoms with Crippen LogP contribution in [0.1, 0.15) is 31.7 Å². The van der Waals surface area contributed by atoms with Crippen LogP contribution in [0.25, 0.3) is 0 Å². The highest BCUT2D eigenvalue weighted by Crippen LogP contribution is 2.41. The molecule has 0 spiro atoms. The summed E-state index contributed by atoms with van der Waals surface area (Å²) in [4.78, 5) is 12.4. The molecule has 0 radical (unpaired) electrons. The molecule has 1 aliphatic heterocycles. The summed E-state index contributed by atoms with van der Waals surface area (Å²) < 4.78 is 19.8. The van der Waals surface area contributed by atoms with E-state index in [0.717, 1.165) is 18.4 Å². The Balaban J connectivity index is 1.85. The summed E-state index contributed by atoms with van der Waals surface area (Å²) in [5.74, 6) is -0.843. The molecule has 0 amide bonds. The molecule has 3 nitrogen and oxygen atoms in total. The van der Waals surface area contributed by atoms with E-state index in [1.165, 1.54) is 12.1 Å². The summed E-state index contributed by atoms with van der Waals surface area (Å²) in [5.41, 5.74) is 0.566. The first-order valence-corrected chi connectivity index (χ1v) is 8.42. The van der Waals surface area contributed by atoms with E-state index in [9.17, 15) is 9.18 Å². The highest BCUT2D eigenvalue weighted by Gasteiger charge is 2.47. The largest absolute Gasteiger partial charge is 0.453 e. The molecule has 1 saturated heterocycles. The van der Waals surface area contributed by atoms with Crippen LogP contribution in [-0.4, -0.2) is 12.0 Å². The lowest BCUT2D eigenvalue weighted by atomic mass is 9.85. The van der Waals surface area contributed by atoms with E-state index in [0.29, 0.717) is 11.4 Å². The maximum absolute atomic E-state index is 14.0. The third kappa shape index (κ3) is 3.24. The van der Waals surface area contributed by atoms with Crippen molar-refractivity contribution in [1.29, 1.82) is 0 Å². The standard InChI is InChI=1S/C19H19ClFNO2/c1-2-10-19(13-6-4-3-5-7-13)12-17(18(23)24-19)22-16-9-8-14(20)11-15(16)21/h3-9,11,17,22H,2,10,12H2,1H3. The van der Waals surface area contributed by atoms with Crippen molar-refractivity contribution in [3.05, 3.63) is 64.9 Å². The van der Waals surface area contributed by atoms with Crippen LogP contribution in [0.4, 0.5) is 10.1 Å². The predicted molar refractivity (Wildman–Crippen MR) is 92.6 cm³/mol. The molecule has 1 fully saturated rings. The molecule has 2 atom stereocenters. The molecule has 126 valence electrons. The number of rotatable bonds is 5. The maximum Gasteiger partial charge on any atom is 0.329 e. The number of halogens is 2. The number of carbonyl (C=O) groups is 1. The van der Waals surface area contributed by atoms with E-state index >= 15 is 0 Å². The molecule has 0 bridgehead atoms. The van der Waals surface area contributed by atoms with Gasteiger partial charge in [-0.15, -0.1) is 0 Å². The van der Waals surface area contributed by atoms with Crippen molar-refractivity contribution in [3.8, 4) is 0 Å². The Morgan fingerprint density at radius 3 is 2.71 bits per heavy atom. The number of nitrogens with one attached hydrogen (secondary N) is 1. The smallest absolute Gasteiger partial charge is 0.329 e. The number of esters is 1. The minimum absolute atomic E-state index is 0.252. The van der Waals surface area contributed by atoms with E-state index in [4.69, 9.17) is 16.3 Å². The number of cyclic esters (lactones) is 1. The van der Waals surface area contributed by atoms with E-state index in [1.54, 1.807) is 6.07 Å². The Morgan fingerprint density at radius 1 is 1.29 bits per heavy atom. The van der Waals surface area contributed by atoms with Gasteiger partial charge < -0.3 is 10.1 Å². The topological polar surface area (TPSA) is 38.3 Å². The fraction of sp³-hybridized carbons (Fsp3) is 0.316. The van der Waals surface area contributed by atoms with Gasteiger partial charge in [-0.1, -0.05) is 55.3 Å². The van der Waals surface area contributed by atoms with Gasteiger partial charge in [-0.05, 0) is 30.2 Å². The Hall–Kier alpha value is -2.07. The van der Waals surface area contributed by atoms with E-state index in [1.807, 2.05) is 30.3 Å². The molecule has 1 heterocycles. The molecular weight excluding hydrogens is 329 g/mol. The Kier molecular flexibility index (Phi) is 4.76. The average molecular weight is 348 g/mol. The number of hydrogen-bond acceptors (Lipinski definition) is 3. The van der Waals surface area contributed by atoms with Gasteiger partial charge in [0, 0.05) is 11.4 Å². The molecule has 0 aliphatic carbocycles. The van der Waals surface area contributed by atoms with Gasteiger partial charge in [-0.25, -0.2) is 9.18 Å². The zero-order chi connectivity index (χ0) is 17.2. The van der Waals surface area contributed by atoms with E-state index in [2.05, 4.69) is 12.2 Å². The molecule has 2 aromatic rings. The van der Waals surface area contributed by atoms with Gasteiger partial charge in [0.15, 0.2) is 0 Å². The molecule has 2 unspecified atom stereocenters. The number of benzene rings is 2.